The van der Waals surface area contributed by atoms with Crippen LogP contribution in [0.3, 0.4) is 0 Å². The first-order valence-corrected chi connectivity index (χ1v) is 5.03. The molecule has 13 heavy (non-hydrogen) atoms. The molecule has 1 aliphatic rings. The molecule has 0 saturated heterocycles. The number of unbranched alkanes of at least 4 members (excludes halogenated alkanes) is 1. The minimum Gasteiger partial charge on any atom is -0.330 e. The Bertz CT molecular complexity index is 279. The van der Waals surface area contributed by atoms with E-state index in [-0.39, 0.29) is 0 Å². The minimum atomic E-state index is 0.779. The normalized spacial score (nSPS) is 14.8. The maximum atomic E-state index is 5.44. The molecule has 4 nitrogen and oxygen atoms in total. The largest absolute Gasteiger partial charge is 0.330 e. The van der Waals surface area contributed by atoms with Crippen LogP contribution in [0.5, 0.6) is 0 Å². The highest BCUT2D eigenvalue weighted by molar-refractivity contribution is 5.00. The summed E-state index contributed by atoms with van der Waals surface area (Å²) in [6, 6.07) is 0. The van der Waals surface area contributed by atoms with Gasteiger partial charge in [0, 0.05) is 19.4 Å². The first kappa shape index (κ1) is 8.69. The van der Waals surface area contributed by atoms with E-state index >= 15 is 0 Å². The van der Waals surface area contributed by atoms with E-state index in [2.05, 4.69) is 14.8 Å². The highest BCUT2D eigenvalue weighted by atomic mass is 15.3. The Morgan fingerprint density at radius 3 is 3.08 bits per heavy atom. The number of aryl methyl sites for hydroxylation is 2. The van der Waals surface area contributed by atoms with Gasteiger partial charge in [-0.25, -0.2) is 0 Å². The van der Waals surface area contributed by atoms with Gasteiger partial charge in [0.15, 0.2) is 0 Å². The summed E-state index contributed by atoms with van der Waals surface area (Å²) in [6.45, 7) is 1.89. The number of fused-ring (bicyclic) bond motifs is 1. The lowest BCUT2D eigenvalue weighted by atomic mass is 10.2. The number of rotatable bonds is 4. The predicted octanol–water partition coefficient (Wildman–Crippen LogP) is 0.506. The second kappa shape index (κ2) is 3.87. The van der Waals surface area contributed by atoms with Gasteiger partial charge < -0.3 is 10.3 Å². The third-order valence-electron chi connectivity index (χ3n) is 2.54. The lowest BCUT2D eigenvalue weighted by Crippen LogP contribution is -2.03. The molecule has 0 amide bonds. The SMILES string of the molecule is NCCCCc1nnc2n1CCC2. The maximum absolute atomic E-state index is 5.44. The lowest BCUT2D eigenvalue weighted by molar-refractivity contribution is 0.646. The Labute approximate surface area is 78.1 Å². The van der Waals surface area contributed by atoms with Crippen molar-refractivity contribution in [2.24, 2.45) is 5.73 Å². The Kier molecular flexibility index (Phi) is 2.59. The van der Waals surface area contributed by atoms with Crippen LogP contribution >= 0.6 is 0 Å². The van der Waals surface area contributed by atoms with Gasteiger partial charge in [-0.05, 0) is 25.8 Å². The Morgan fingerprint density at radius 2 is 2.23 bits per heavy atom. The van der Waals surface area contributed by atoms with E-state index in [1.54, 1.807) is 0 Å². The second-order valence-corrected chi connectivity index (χ2v) is 3.53. The van der Waals surface area contributed by atoms with Crippen LogP contribution in [-0.4, -0.2) is 21.3 Å². The molecular weight excluding hydrogens is 164 g/mol. The van der Waals surface area contributed by atoms with Crippen molar-refractivity contribution < 1.29 is 0 Å². The van der Waals surface area contributed by atoms with Crippen LogP contribution in [0.2, 0.25) is 0 Å². The van der Waals surface area contributed by atoms with E-state index < -0.39 is 0 Å². The molecule has 0 atom stereocenters. The highest BCUT2D eigenvalue weighted by Gasteiger charge is 2.16. The van der Waals surface area contributed by atoms with Crippen molar-refractivity contribution in [3.63, 3.8) is 0 Å². The van der Waals surface area contributed by atoms with Crippen molar-refractivity contribution in [1.29, 1.82) is 0 Å². The van der Waals surface area contributed by atoms with Crippen LogP contribution in [0.25, 0.3) is 0 Å². The predicted molar refractivity (Wildman–Crippen MR) is 50.3 cm³/mol. The van der Waals surface area contributed by atoms with Gasteiger partial charge in [-0.15, -0.1) is 10.2 Å². The molecule has 72 valence electrons. The molecule has 0 radical (unpaired) electrons. The molecule has 0 aliphatic carbocycles. The van der Waals surface area contributed by atoms with Crippen LogP contribution in [0.4, 0.5) is 0 Å². The fourth-order valence-corrected chi connectivity index (χ4v) is 1.82. The highest BCUT2D eigenvalue weighted by Crippen LogP contribution is 2.15. The maximum Gasteiger partial charge on any atom is 0.133 e. The van der Waals surface area contributed by atoms with Gasteiger partial charge in [-0.3, -0.25) is 0 Å². The molecule has 2 rings (SSSR count). The smallest absolute Gasteiger partial charge is 0.133 e. The van der Waals surface area contributed by atoms with Crippen molar-refractivity contribution in [2.75, 3.05) is 6.54 Å². The van der Waals surface area contributed by atoms with Crippen LogP contribution in [0, 0.1) is 0 Å². The fourth-order valence-electron chi connectivity index (χ4n) is 1.82. The average Bonchev–Trinajstić information content (AvgIpc) is 2.68. The van der Waals surface area contributed by atoms with Crippen LogP contribution in [0.1, 0.15) is 30.9 Å². The summed E-state index contributed by atoms with van der Waals surface area (Å²) < 4.78 is 2.26. The van der Waals surface area contributed by atoms with Crippen LogP contribution < -0.4 is 5.73 Å². The number of aromatic nitrogens is 3. The van der Waals surface area contributed by atoms with Crippen molar-refractivity contribution >= 4 is 0 Å². The van der Waals surface area contributed by atoms with Gasteiger partial charge >= 0.3 is 0 Å². The monoisotopic (exact) mass is 180 g/mol. The fraction of sp³-hybridized carbons (Fsp3) is 0.778. The Balaban J connectivity index is 1.96. The standard InChI is InChI=1S/C9H16N4/c10-6-2-1-4-8-11-12-9-5-3-7-13(8)9/h1-7,10H2. The summed E-state index contributed by atoms with van der Waals surface area (Å²) in [4.78, 5) is 0. The van der Waals surface area contributed by atoms with Crippen LogP contribution in [0.15, 0.2) is 0 Å². The van der Waals surface area contributed by atoms with Gasteiger partial charge in [0.1, 0.15) is 11.6 Å². The van der Waals surface area contributed by atoms with E-state index in [0.717, 1.165) is 44.6 Å². The number of nitrogens with zero attached hydrogens (tertiary/aromatic N) is 3. The van der Waals surface area contributed by atoms with E-state index in [0.29, 0.717) is 0 Å². The molecule has 1 aromatic rings. The Morgan fingerprint density at radius 1 is 1.31 bits per heavy atom. The molecule has 0 unspecified atom stereocenters. The molecular formula is C9H16N4. The molecule has 0 spiro atoms. The first-order valence-electron chi connectivity index (χ1n) is 5.03. The summed E-state index contributed by atoms with van der Waals surface area (Å²) in [5.74, 6) is 2.32. The first-order chi connectivity index (χ1) is 6.42. The quantitative estimate of drug-likeness (QED) is 0.687. The van der Waals surface area contributed by atoms with Crippen molar-refractivity contribution in [3.05, 3.63) is 11.6 Å². The van der Waals surface area contributed by atoms with E-state index in [4.69, 9.17) is 5.73 Å². The van der Waals surface area contributed by atoms with Gasteiger partial charge in [0.05, 0.1) is 0 Å². The summed E-state index contributed by atoms with van der Waals surface area (Å²) in [7, 11) is 0. The summed E-state index contributed by atoms with van der Waals surface area (Å²) in [5.41, 5.74) is 5.44. The molecule has 0 aromatic carbocycles. The summed E-state index contributed by atoms with van der Waals surface area (Å²) >= 11 is 0. The Hall–Kier alpha value is -0.900. The zero-order valence-electron chi connectivity index (χ0n) is 7.87. The van der Waals surface area contributed by atoms with Crippen molar-refractivity contribution in [1.82, 2.24) is 14.8 Å². The molecule has 2 heterocycles. The number of hydrogen-bond donors (Lipinski definition) is 1. The van der Waals surface area contributed by atoms with E-state index in [1.165, 1.54) is 12.2 Å². The molecule has 0 fully saturated rings. The molecule has 4 heteroatoms. The van der Waals surface area contributed by atoms with Crippen molar-refractivity contribution in [3.8, 4) is 0 Å². The van der Waals surface area contributed by atoms with Gasteiger partial charge in [0.25, 0.3) is 0 Å². The number of hydrogen-bond acceptors (Lipinski definition) is 3. The summed E-state index contributed by atoms with van der Waals surface area (Å²) in [5, 5.41) is 8.34. The molecule has 0 saturated carbocycles. The topological polar surface area (TPSA) is 56.7 Å². The third-order valence-corrected chi connectivity index (χ3v) is 2.54. The molecule has 1 aliphatic heterocycles. The third kappa shape index (κ3) is 1.72. The van der Waals surface area contributed by atoms with Gasteiger partial charge in [-0.2, -0.15) is 0 Å². The van der Waals surface area contributed by atoms with E-state index in [1.807, 2.05) is 0 Å². The van der Waals surface area contributed by atoms with Gasteiger partial charge in [-0.1, -0.05) is 0 Å². The number of nitrogens with two attached hydrogens (primary N) is 1. The van der Waals surface area contributed by atoms with Crippen molar-refractivity contribution in [2.45, 2.75) is 38.6 Å². The zero-order valence-corrected chi connectivity index (χ0v) is 7.87. The lowest BCUT2D eigenvalue weighted by Gasteiger charge is -2.01. The summed E-state index contributed by atoms with van der Waals surface area (Å²) in [6.07, 6.45) is 5.58. The van der Waals surface area contributed by atoms with Crippen LogP contribution in [-0.2, 0) is 19.4 Å². The molecule has 2 N–H and O–H groups in total. The molecule has 0 bridgehead atoms. The second-order valence-electron chi connectivity index (χ2n) is 3.53. The van der Waals surface area contributed by atoms with E-state index in [9.17, 15) is 0 Å². The molecule has 1 aromatic heterocycles. The minimum absolute atomic E-state index is 0.779. The zero-order chi connectivity index (χ0) is 9.10. The van der Waals surface area contributed by atoms with Gasteiger partial charge in [0.2, 0.25) is 0 Å². The average molecular weight is 180 g/mol.